The van der Waals surface area contributed by atoms with Gasteiger partial charge in [0.05, 0.1) is 25.7 Å². The summed E-state index contributed by atoms with van der Waals surface area (Å²) in [6.07, 6.45) is 2.07. The third kappa shape index (κ3) is 6.92. The molecular weight excluding hydrogens is 560 g/mol. The van der Waals surface area contributed by atoms with Gasteiger partial charge in [-0.25, -0.2) is 5.43 Å². The van der Waals surface area contributed by atoms with Crippen molar-refractivity contribution >= 4 is 79.1 Å². The molecule has 0 aromatic heterocycles. The predicted octanol–water partition coefficient (Wildman–Crippen LogP) is 6.48. The lowest BCUT2D eigenvalue weighted by Gasteiger charge is -2.19. The summed E-state index contributed by atoms with van der Waals surface area (Å²) < 4.78 is 7.46. The molecule has 0 bridgehead atoms. The molecule has 3 rings (SSSR count). The van der Waals surface area contributed by atoms with Gasteiger partial charge in [-0.2, -0.15) is 5.10 Å². The number of halogens is 3. The van der Waals surface area contributed by atoms with E-state index in [-0.39, 0.29) is 9.99 Å². The summed E-state index contributed by atoms with van der Waals surface area (Å²) in [5.74, 6) is 2.80. The molecule has 1 saturated heterocycles. The molecule has 1 fully saturated rings. The molecule has 29 heavy (non-hydrogen) atoms. The van der Waals surface area contributed by atoms with E-state index >= 15 is 0 Å². The van der Waals surface area contributed by atoms with Gasteiger partial charge in [-0.1, -0.05) is 23.7 Å². The normalized spacial score (nSPS) is 15.6. The highest BCUT2D eigenvalue weighted by molar-refractivity contribution is 9.11. The number of amides is 1. The Morgan fingerprint density at radius 2 is 1.86 bits per heavy atom. The topological polar surface area (TPSA) is 50.7 Å². The molecule has 2 aromatic carbocycles. The van der Waals surface area contributed by atoms with Crippen LogP contribution in [0, 0.1) is 0 Å². The standard InChI is InChI=1S/C20H19Br2ClN2O2S2/c1-20(28-6-7-29-20)10-18(26)25-24-11-14-8-16(21)19(17(22)9-14)27-12-13-2-4-15(23)5-3-13/h2-5,8-9,11H,6-7,10,12H2,1H3,(H,25,26)/b24-11-. The molecule has 1 aliphatic rings. The van der Waals surface area contributed by atoms with Crippen molar-refractivity contribution in [2.75, 3.05) is 11.5 Å². The first kappa shape index (κ1) is 23.0. The molecule has 154 valence electrons. The number of thioether (sulfide) groups is 2. The minimum Gasteiger partial charge on any atom is -0.487 e. The second-order valence-corrected chi connectivity index (χ2v) is 12.1. The summed E-state index contributed by atoms with van der Waals surface area (Å²) in [5, 5.41) is 4.79. The van der Waals surface area contributed by atoms with Crippen molar-refractivity contribution in [3.8, 4) is 5.75 Å². The fourth-order valence-corrected chi connectivity index (χ4v) is 7.10. The number of carbonyl (C=O) groups is 1. The molecule has 1 N–H and O–H groups in total. The zero-order valence-corrected chi connectivity index (χ0v) is 21.1. The van der Waals surface area contributed by atoms with Gasteiger partial charge in [0.1, 0.15) is 12.4 Å². The fourth-order valence-electron chi connectivity index (χ4n) is 2.70. The Morgan fingerprint density at radius 3 is 2.48 bits per heavy atom. The molecule has 0 spiro atoms. The Balaban J connectivity index is 1.57. The minimum absolute atomic E-state index is 0.0469. The summed E-state index contributed by atoms with van der Waals surface area (Å²) in [6, 6.07) is 11.3. The molecule has 4 nitrogen and oxygen atoms in total. The summed E-state index contributed by atoms with van der Waals surface area (Å²) in [6.45, 7) is 2.53. The van der Waals surface area contributed by atoms with Crippen molar-refractivity contribution in [1.82, 2.24) is 5.43 Å². The summed E-state index contributed by atoms with van der Waals surface area (Å²) in [7, 11) is 0. The highest BCUT2D eigenvalue weighted by atomic mass is 79.9. The van der Waals surface area contributed by atoms with Crippen LogP contribution in [0.4, 0.5) is 0 Å². The van der Waals surface area contributed by atoms with Gasteiger partial charge in [0.2, 0.25) is 5.91 Å². The van der Waals surface area contributed by atoms with Crippen molar-refractivity contribution in [3.63, 3.8) is 0 Å². The monoisotopic (exact) mass is 576 g/mol. The lowest BCUT2D eigenvalue weighted by molar-refractivity contribution is -0.121. The number of hydrogen-bond donors (Lipinski definition) is 1. The second-order valence-electron chi connectivity index (χ2n) is 6.53. The van der Waals surface area contributed by atoms with Crippen LogP contribution >= 0.6 is 67.0 Å². The number of ether oxygens (including phenoxy) is 1. The van der Waals surface area contributed by atoms with Crippen LogP contribution in [-0.2, 0) is 11.4 Å². The first-order chi connectivity index (χ1) is 13.8. The first-order valence-electron chi connectivity index (χ1n) is 8.81. The van der Waals surface area contributed by atoms with E-state index in [0.29, 0.717) is 23.8 Å². The van der Waals surface area contributed by atoms with Crippen molar-refractivity contribution in [3.05, 3.63) is 61.5 Å². The minimum atomic E-state index is -0.0771. The van der Waals surface area contributed by atoms with E-state index in [2.05, 4.69) is 49.3 Å². The van der Waals surface area contributed by atoms with Gasteiger partial charge in [-0.15, -0.1) is 23.5 Å². The van der Waals surface area contributed by atoms with E-state index in [4.69, 9.17) is 16.3 Å². The number of hydrogen-bond acceptors (Lipinski definition) is 5. The first-order valence-corrected chi connectivity index (χ1v) is 12.7. The predicted molar refractivity (Wildman–Crippen MR) is 131 cm³/mol. The lowest BCUT2D eigenvalue weighted by atomic mass is 10.2. The van der Waals surface area contributed by atoms with Crippen molar-refractivity contribution in [1.29, 1.82) is 0 Å². The average Bonchev–Trinajstić information content (AvgIpc) is 3.08. The van der Waals surface area contributed by atoms with Gasteiger partial charge in [0.15, 0.2) is 0 Å². The SMILES string of the molecule is CC1(CC(=O)N/N=C\c2cc(Br)c(OCc3ccc(Cl)cc3)c(Br)c2)SCCS1. The highest BCUT2D eigenvalue weighted by Gasteiger charge is 2.32. The Kier molecular flexibility index (Phi) is 8.39. The smallest absolute Gasteiger partial charge is 0.242 e. The molecule has 1 heterocycles. The van der Waals surface area contributed by atoms with E-state index in [1.54, 1.807) is 6.21 Å². The van der Waals surface area contributed by atoms with Gasteiger partial charge in [-0.05, 0) is 74.2 Å². The van der Waals surface area contributed by atoms with Crippen LogP contribution < -0.4 is 10.2 Å². The number of rotatable bonds is 7. The molecule has 0 atom stereocenters. The van der Waals surface area contributed by atoms with E-state index in [1.807, 2.05) is 59.9 Å². The van der Waals surface area contributed by atoms with Gasteiger partial charge < -0.3 is 4.74 Å². The number of nitrogens with zero attached hydrogens (tertiary/aromatic N) is 1. The third-order valence-corrected chi connectivity index (χ3v) is 8.82. The molecule has 0 aliphatic carbocycles. The number of carbonyl (C=O) groups excluding carboxylic acids is 1. The van der Waals surface area contributed by atoms with E-state index in [9.17, 15) is 4.79 Å². The summed E-state index contributed by atoms with van der Waals surface area (Å²) in [5.41, 5.74) is 4.47. The summed E-state index contributed by atoms with van der Waals surface area (Å²) in [4.78, 5) is 12.1. The molecule has 1 amide bonds. The number of benzene rings is 2. The van der Waals surface area contributed by atoms with Crippen LogP contribution in [0.2, 0.25) is 5.02 Å². The van der Waals surface area contributed by atoms with Gasteiger partial charge in [-0.3, -0.25) is 4.79 Å². The van der Waals surface area contributed by atoms with Gasteiger partial charge in [0.25, 0.3) is 0 Å². The Morgan fingerprint density at radius 1 is 1.24 bits per heavy atom. The molecule has 0 unspecified atom stereocenters. The number of nitrogens with one attached hydrogen (secondary N) is 1. The Bertz CT molecular complexity index is 881. The maximum Gasteiger partial charge on any atom is 0.242 e. The molecule has 1 aliphatic heterocycles. The lowest BCUT2D eigenvalue weighted by Crippen LogP contribution is -2.26. The van der Waals surface area contributed by atoms with E-state index in [1.165, 1.54) is 0 Å². The van der Waals surface area contributed by atoms with Crippen LogP contribution in [0.1, 0.15) is 24.5 Å². The second kappa shape index (κ2) is 10.6. The molecule has 0 saturated carbocycles. The highest BCUT2D eigenvalue weighted by Crippen LogP contribution is 2.45. The molecule has 2 aromatic rings. The van der Waals surface area contributed by atoms with E-state index in [0.717, 1.165) is 31.6 Å². The maximum atomic E-state index is 12.1. The summed E-state index contributed by atoms with van der Waals surface area (Å²) >= 11 is 16.6. The van der Waals surface area contributed by atoms with Crippen molar-refractivity contribution < 1.29 is 9.53 Å². The van der Waals surface area contributed by atoms with Crippen LogP contribution in [-0.4, -0.2) is 27.7 Å². The van der Waals surface area contributed by atoms with Gasteiger partial charge >= 0.3 is 0 Å². The number of hydrazone groups is 1. The Hall–Kier alpha value is -0.670. The van der Waals surface area contributed by atoms with Crippen LogP contribution in [0.3, 0.4) is 0 Å². The van der Waals surface area contributed by atoms with Gasteiger partial charge in [0, 0.05) is 16.5 Å². The molecule has 9 heteroatoms. The van der Waals surface area contributed by atoms with Crippen LogP contribution in [0.5, 0.6) is 5.75 Å². The average molecular weight is 579 g/mol. The zero-order chi connectivity index (χ0) is 20.9. The van der Waals surface area contributed by atoms with E-state index < -0.39 is 0 Å². The van der Waals surface area contributed by atoms with Crippen LogP contribution in [0.25, 0.3) is 0 Å². The van der Waals surface area contributed by atoms with Crippen molar-refractivity contribution in [2.24, 2.45) is 5.10 Å². The largest absolute Gasteiger partial charge is 0.487 e. The Labute approximate surface area is 200 Å². The van der Waals surface area contributed by atoms with Crippen molar-refractivity contribution in [2.45, 2.75) is 24.0 Å². The fraction of sp³-hybridized carbons (Fsp3) is 0.300. The zero-order valence-electron chi connectivity index (χ0n) is 15.6. The quantitative estimate of drug-likeness (QED) is 0.302. The molecule has 0 radical (unpaired) electrons. The molecular formula is C20H19Br2ClN2O2S2. The third-order valence-electron chi connectivity index (χ3n) is 4.10. The van der Waals surface area contributed by atoms with Crippen LogP contribution in [0.15, 0.2) is 50.4 Å². The maximum absolute atomic E-state index is 12.1.